The summed E-state index contributed by atoms with van der Waals surface area (Å²) in [6.45, 7) is 7.04. The fraction of sp³-hybridized carbons (Fsp3) is 1.00. The summed E-state index contributed by atoms with van der Waals surface area (Å²) in [6.07, 6.45) is 4.18. The van der Waals surface area contributed by atoms with Crippen molar-refractivity contribution in [3.63, 3.8) is 0 Å². The lowest BCUT2D eigenvalue weighted by Gasteiger charge is -2.32. The van der Waals surface area contributed by atoms with Gasteiger partial charge in [0.2, 0.25) is 0 Å². The molecule has 0 radical (unpaired) electrons. The van der Waals surface area contributed by atoms with E-state index in [1.54, 1.807) is 0 Å². The second-order valence-corrected chi connectivity index (χ2v) is 7.11. The average Bonchev–Trinajstić information content (AvgIpc) is 1.92. The van der Waals surface area contributed by atoms with Crippen LogP contribution < -0.4 is 0 Å². The Bertz CT molecular complexity index is 79.3. The van der Waals surface area contributed by atoms with Crippen LogP contribution in [0.4, 0.5) is 0 Å². The highest BCUT2D eigenvalue weighted by molar-refractivity contribution is 6.59. The van der Waals surface area contributed by atoms with Crippen LogP contribution in [-0.4, -0.2) is 22.6 Å². The lowest BCUT2D eigenvalue weighted by Crippen LogP contribution is -2.25. The van der Waals surface area contributed by atoms with E-state index in [2.05, 4.69) is 32.3 Å². The lowest BCUT2D eigenvalue weighted by atomic mass is 9.99. The van der Waals surface area contributed by atoms with Gasteiger partial charge in [0.15, 0.2) is 0 Å². The second kappa shape index (κ2) is 6.15. The first-order chi connectivity index (χ1) is 4.63. The normalized spacial score (nSPS) is 10.6. The Morgan fingerprint density at radius 2 is 1.18 bits per heavy atom. The molecule has 0 aromatic heterocycles. The Kier molecular flexibility index (Phi) is 7.91. The highest BCUT2D eigenvalue weighted by Gasteiger charge is 2.31. The Labute approximate surface area is 78.7 Å². The molecule has 0 atom stereocenters. The average molecular weight is 170 g/mol. The van der Waals surface area contributed by atoms with E-state index < -0.39 is 14.1 Å². The monoisotopic (exact) mass is 170 g/mol. The number of rotatable bonds is 4. The minimum atomic E-state index is -0.421. The molecule has 11 heavy (non-hydrogen) atoms. The van der Waals surface area contributed by atoms with Gasteiger partial charge in [-0.05, 0) is 0 Å². The molecule has 0 saturated carbocycles. The second-order valence-electron chi connectivity index (χ2n) is 3.58. The van der Waals surface area contributed by atoms with Crippen molar-refractivity contribution in [2.24, 2.45) is 0 Å². The van der Waals surface area contributed by atoms with Gasteiger partial charge in [0, 0.05) is 0 Å². The number of hydrogen-bond acceptors (Lipinski definition) is 0. The van der Waals surface area contributed by atoms with Gasteiger partial charge in [-0.1, -0.05) is 44.3 Å². The molecule has 0 bridgehead atoms. The third kappa shape index (κ3) is 3.22. The highest BCUT2D eigenvalue weighted by Crippen LogP contribution is 2.41. The van der Waals surface area contributed by atoms with Crippen molar-refractivity contribution in [2.75, 3.05) is 0 Å². The predicted molar refractivity (Wildman–Crippen MR) is 61.0 cm³/mol. The van der Waals surface area contributed by atoms with E-state index in [0.29, 0.717) is 0 Å². The first-order valence-electron chi connectivity index (χ1n) is 4.63. The van der Waals surface area contributed by atoms with E-state index >= 15 is 0 Å². The van der Waals surface area contributed by atoms with Gasteiger partial charge in [-0.3, -0.25) is 0 Å². The van der Waals surface area contributed by atoms with Crippen LogP contribution in [0.2, 0.25) is 15.8 Å². The van der Waals surface area contributed by atoms with Gasteiger partial charge in [0.1, 0.15) is 0 Å². The molecule has 0 fully saturated rings. The molecule has 0 spiro atoms. The van der Waals surface area contributed by atoms with Gasteiger partial charge < -0.3 is 0 Å². The molecule has 0 aromatic carbocycles. The van der Waals surface area contributed by atoms with Gasteiger partial charge in [0.05, 0.1) is 8.41 Å². The van der Waals surface area contributed by atoms with Gasteiger partial charge in [-0.15, -0.1) is 11.6 Å². The third-order valence-corrected chi connectivity index (χ3v) is 7.01. The van der Waals surface area contributed by atoms with Crippen LogP contribution in [-0.2, 0) is 0 Å². The smallest absolute Gasteiger partial charge is 0.106 e. The van der Waals surface area contributed by atoms with E-state index in [-0.39, 0.29) is 8.41 Å². The van der Waals surface area contributed by atoms with Crippen LogP contribution in [0.25, 0.3) is 0 Å². The van der Waals surface area contributed by atoms with E-state index in [4.69, 9.17) is 0 Å². The van der Waals surface area contributed by atoms with Crippen LogP contribution in [0.5, 0.6) is 0 Å². The summed E-state index contributed by atoms with van der Waals surface area (Å²) in [7, 11) is 0. The van der Waals surface area contributed by atoms with Crippen molar-refractivity contribution in [3.8, 4) is 0 Å². The maximum Gasteiger partial charge on any atom is 0.263 e. The molecule has 0 aliphatic carbocycles. The van der Waals surface area contributed by atoms with Crippen molar-refractivity contribution >= 4 is 22.6 Å². The van der Waals surface area contributed by atoms with Crippen molar-refractivity contribution in [2.45, 2.75) is 55.9 Å². The predicted octanol–water partition coefficient (Wildman–Crippen LogP) is 2.53. The SMILES string of the molecule is B.CC[C](CC)(CC)[Al]([CH3])[CH3]. The first-order valence-corrected chi connectivity index (χ1v) is 7.51. The lowest BCUT2D eigenvalue weighted by molar-refractivity contribution is 0.489. The molecule has 0 N–H and O–H groups in total. The zero-order valence-corrected chi connectivity index (χ0v) is 9.35. The van der Waals surface area contributed by atoms with Gasteiger partial charge in [0.25, 0.3) is 14.1 Å². The summed E-state index contributed by atoms with van der Waals surface area (Å²) in [5.41, 5.74) is 0. The van der Waals surface area contributed by atoms with E-state index in [1.807, 2.05) is 0 Å². The van der Waals surface area contributed by atoms with Crippen molar-refractivity contribution in [1.82, 2.24) is 0 Å². The molecule has 0 aromatic rings. The summed E-state index contributed by atoms with van der Waals surface area (Å²) in [5.74, 6) is 4.97. The molecular formula is C9H24AlB. The van der Waals surface area contributed by atoms with Crippen LogP contribution in [0.15, 0.2) is 0 Å². The Morgan fingerprint density at radius 3 is 1.18 bits per heavy atom. The zero-order chi connectivity index (χ0) is 8.20. The van der Waals surface area contributed by atoms with Crippen LogP contribution in [0, 0.1) is 0 Å². The summed E-state index contributed by atoms with van der Waals surface area (Å²) in [5, 5.41) is 0. The molecule has 0 amide bonds. The van der Waals surface area contributed by atoms with E-state index in [9.17, 15) is 0 Å². The molecule has 2 heteroatoms. The summed E-state index contributed by atoms with van der Waals surface area (Å²) < 4.78 is 0.764. The molecule has 0 saturated heterocycles. The van der Waals surface area contributed by atoms with Crippen LogP contribution >= 0.6 is 0 Å². The maximum absolute atomic E-state index is 2.48. The van der Waals surface area contributed by atoms with Gasteiger partial charge >= 0.3 is 0 Å². The molecule has 0 heterocycles. The molecule has 0 nitrogen and oxygen atoms in total. The molecular weight excluding hydrogens is 146 g/mol. The van der Waals surface area contributed by atoms with E-state index in [0.717, 1.165) is 4.28 Å². The van der Waals surface area contributed by atoms with Gasteiger partial charge in [-0.2, -0.15) is 0 Å². The maximum atomic E-state index is 2.48. The van der Waals surface area contributed by atoms with Crippen molar-refractivity contribution in [1.29, 1.82) is 0 Å². The topological polar surface area (TPSA) is 0 Å². The van der Waals surface area contributed by atoms with Gasteiger partial charge in [-0.25, -0.2) is 0 Å². The van der Waals surface area contributed by atoms with Crippen LogP contribution in [0.3, 0.4) is 0 Å². The van der Waals surface area contributed by atoms with Crippen molar-refractivity contribution < 1.29 is 0 Å². The minimum Gasteiger partial charge on any atom is -0.106 e. The summed E-state index contributed by atoms with van der Waals surface area (Å²) in [4.78, 5) is 0. The fourth-order valence-corrected chi connectivity index (χ4v) is 4.42. The molecule has 0 aliphatic heterocycles. The standard InChI is InChI=1S/C7H15.2CH3.Al.BH3/c1-4-7(5-2)6-3;;;;/h4-6H2,1-3H3;2*1H3;;1H3. The molecule has 0 rings (SSSR count). The summed E-state index contributed by atoms with van der Waals surface area (Å²) >= 11 is -0.421. The van der Waals surface area contributed by atoms with Crippen LogP contribution in [0.1, 0.15) is 40.0 Å². The Balaban J connectivity index is 0. The molecule has 0 aliphatic rings. The summed E-state index contributed by atoms with van der Waals surface area (Å²) in [6, 6.07) is 0. The molecule has 0 unspecified atom stereocenters. The Hall–Kier alpha value is 0.597. The van der Waals surface area contributed by atoms with E-state index in [1.165, 1.54) is 19.3 Å². The first kappa shape index (κ1) is 14.1. The fourth-order valence-electron chi connectivity index (χ4n) is 1.97. The molecule has 66 valence electrons. The van der Waals surface area contributed by atoms with Crippen molar-refractivity contribution in [3.05, 3.63) is 0 Å². The minimum absolute atomic E-state index is 0. The highest BCUT2D eigenvalue weighted by atomic mass is 27.2. The quantitative estimate of drug-likeness (QED) is 0.568. The number of hydrogen-bond donors (Lipinski definition) is 0. The Morgan fingerprint density at radius 1 is 0.909 bits per heavy atom. The third-order valence-electron chi connectivity index (χ3n) is 3.34. The zero-order valence-electron chi connectivity index (χ0n) is 8.20. The largest absolute Gasteiger partial charge is 0.263 e.